The van der Waals surface area contributed by atoms with Crippen LogP contribution in [-0.2, 0) is 4.79 Å². The molecular formula is C16H19F3N2O. The Morgan fingerprint density at radius 2 is 2.00 bits per heavy atom. The fourth-order valence-electron chi connectivity index (χ4n) is 2.41. The largest absolute Gasteiger partial charge is 0.396 e. The number of benzene rings is 1. The molecule has 0 saturated carbocycles. The number of hydrogen-bond donors (Lipinski definition) is 2. The molecule has 1 amide bonds. The van der Waals surface area contributed by atoms with Crippen molar-refractivity contribution in [2.24, 2.45) is 0 Å². The molecule has 0 spiro atoms. The van der Waals surface area contributed by atoms with Crippen LogP contribution in [-0.4, -0.2) is 31.7 Å². The molecule has 0 saturated heterocycles. The number of halogens is 3. The summed E-state index contributed by atoms with van der Waals surface area (Å²) in [6.45, 7) is 1.89. The van der Waals surface area contributed by atoms with Crippen LogP contribution in [0.1, 0.15) is 24.3 Å². The van der Waals surface area contributed by atoms with Crippen molar-refractivity contribution in [3.8, 4) is 0 Å². The number of rotatable bonds is 5. The summed E-state index contributed by atoms with van der Waals surface area (Å²) in [5.41, 5.74) is 1.17. The number of nitrogens with one attached hydrogen (secondary N) is 2. The van der Waals surface area contributed by atoms with Gasteiger partial charge in [0.15, 0.2) is 0 Å². The summed E-state index contributed by atoms with van der Waals surface area (Å²) in [5, 5.41) is 5.73. The van der Waals surface area contributed by atoms with Crippen LogP contribution in [0.15, 0.2) is 42.0 Å². The topological polar surface area (TPSA) is 41.1 Å². The molecule has 1 aromatic rings. The Morgan fingerprint density at radius 3 is 2.59 bits per heavy atom. The Kier molecular flexibility index (Phi) is 5.60. The second kappa shape index (κ2) is 7.45. The molecule has 1 atom stereocenters. The van der Waals surface area contributed by atoms with E-state index in [1.165, 1.54) is 12.1 Å². The zero-order chi connectivity index (χ0) is 16.0. The van der Waals surface area contributed by atoms with Crippen molar-refractivity contribution in [1.29, 1.82) is 0 Å². The summed E-state index contributed by atoms with van der Waals surface area (Å²) in [7, 11) is 0. The number of carbonyl (C=O) groups is 1. The third-order valence-electron chi connectivity index (χ3n) is 3.66. The van der Waals surface area contributed by atoms with Crippen molar-refractivity contribution in [1.82, 2.24) is 10.6 Å². The Hall–Kier alpha value is -1.82. The molecule has 0 fully saturated rings. The van der Waals surface area contributed by atoms with Crippen LogP contribution in [0.4, 0.5) is 13.2 Å². The van der Waals surface area contributed by atoms with Gasteiger partial charge in [-0.2, -0.15) is 13.2 Å². The van der Waals surface area contributed by atoms with Gasteiger partial charge in [0.25, 0.3) is 0 Å². The van der Waals surface area contributed by atoms with Gasteiger partial charge in [-0.3, -0.25) is 4.79 Å². The van der Waals surface area contributed by atoms with Gasteiger partial charge in [-0.25, -0.2) is 0 Å². The third-order valence-corrected chi connectivity index (χ3v) is 3.66. The summed E-state index contributed by atoms with van der Waals surface area (Å²) in [5.74, 6) is -2.35. The summed E-state index contributed by atoms with van der Waals surface area (Å²) in [6, 6.07) is 7.56. The summed E-state index contributed by atoms with van der Waals surface area (Å²) < 4.78 is 39.5. The van der Waals surface area contributed by atoms with E-state index in [-0.39, 0.29) is 5.56 Å². The molecule has 0 aromatic heterocycles. The first-order chi connectivity index (χ1) is 10.5. The van der Waals surface area contributed by atoms with Gasteiger partial charge in [-0.15, -0.1) is 0 Å². The lowest BCUT2D eigenvalue weighted by molar-refractivity contribution is -0.157. The quantitative estimate of drug-likeness (QED) is 0.821. The lowest BCUT2D eigenvalue weighted by Crippen LogP contribution is -2.33. The van der Waals surface area contributed by atoms with E-state index in [0.29, 0.717) is 6.54 Å². The average molecular weight is 312 g/mol. The molecule has 1 unspecified atom stereocenters. The minimum Gasteiger partial charge on any atom is -0.352 e. The lowest BCUT2D eigenvalue weighted by atomic mass is 9.94. The van der Waals surface area contributed by atoms with Gasteiger partial charge in [-0.1, -0.05) is 42.0 Å². The van der Waals surface area contributed by atoms with E-state index >= 15 is 0 Å². The Bertz CT molecular complexity index is 526. The standard InChI is InChI=1S/C16H19F3N2O/c17-16(18,19)14(13-4-2-1-3-5-13)10-15(22)21-11-12-6-8-20-9-7-12/h1-6,14,20H,7-11H2,(H,21,22). The maximum absolute atomic E-state index is 13.2. The first kappa shape index (κ1) is 16.5. The number of alkyl halides is 3. The highest BCUT2D eigenvalue weighted by molar-refractivity contribution is 5.77. The molecule has 1 heterocycles. The van der Waals surface area contributed by atoms with E-state index in [1.807, 2.05) is 6.08 Å². The second-order valence-corrected chi connectivity index (χ2v) is 5.30. The van der Waals surface area contributed by atoms with Gasteiger partial charge >= 0.3 is 6.18 Å². The molecule has 3 nitrogen and oxygen atoms in total. The zero-order valence-electron chi connectivity index (χ0n) is 12.1. The van der Waals surface area contributed by atoms with E-state index in [4.69, 9.17) is 0 Å². The Labute approximate surface area is 127 Å². The molecule has 120 valence electrons. The van der Waals surface area contributed by atoms with Gasteiger partial charge in [0.05, 0.1) is 5.92 Å². The predicted molar refractivity (Wildman–Crippen MR) is 78.4 cm³/mol. The molecule has 0 aliphatic carbocycles. The fraction of sp³-hybridized carbons (Fsp3) is 0.438. The molecule has 2 rings (SSSR count). The van der Waals surface area contributed by atoms with Gasteiger partial charge in [0, 0.05) is 19.5 Å². The van der Waals surface area contributed by atoms with Crippen LogP contribution in [0.25, 0.3) is 0 Å². The fourth-order valence-corrected chi connectivity index (χ4v) is 2.41. The normalized spacial score (nSPS) is 16.8. The highest BCUT2D eigenvalue weighted by Gasteiger charge is 2.41. The van der Waals surface area contributed by atoms with Crippen LogP contribution < -0.4 is 10.6 Å². The van der Waals surface area contributed by atoms with Gasteiger partial charge < -0.3 is 10.6 Å². The smallest absolute Gasteiger partial charge is 0.352 e. The van der Waals surface area contributed by atoms with E-state index in [1.54, 1.807) is 18.2 Å². The molecule has 1 aliphatic rings. The Morgan fingerprint density at radius 1 is 1.27 bits per heavy atom. The van der Waals surface area contributed by atoms with Crippen LogP contribution in [0, 0.1) is 0 Å². The summed E-state index contributed by atoms with van der Waals surface area (Å²) >= 11 is 0. The zero-order valence-corrected chi connectivity index (χ0v) is 12.1. The monoisotopic (exact) mass is 312 g/mol. The first-order valence-electron chi connectivity index (χ1n) is 7.24. The molecular weight excluding hydrogens is 293 g/mol. The predicted octanol–water partition coefficient (Wildman–Crippen LogP) is 2.76. The average Bonchev–Trinajstić information content (AvgIpc) is 2.51. The number of amides is 1. The molecule has 6 heteroatoms. The van der Waals surface area contributed by atoms with Gasteiger partial charge in [-0.05, 0) is 18.5 Å². The lowest BCUT2D eigenvalue weighted by Gasteiger charge is -2.21. The molecule has 2 N–H and O–H groups in total. The number of carbonyl (C=O) groups excluding carboxylic acids is 1. The number of hydrogen-bond acceptors (Lipinski definition) is 2. The second-order valence-electron chi connectivity index (χ2n) is 5.30. The minimum atomic E-state index is -4.44. The molecule has 0 bridgehead atoms. The minimum absolute atomic E-state index is 0.117. The Balaban J connectivity index is 1.95. The van der Waals surface area contributed by atoms with Crippen molar-refractivity contribution in [3.05, 3.63) is 47.5 Å². The van der Waals surface area contributed by atoms with Crippen LogP contribution in [0.3, 0.4) is 0 Å². The molecule has 1 aromatic carbocycles. The van der Waals surface area contributed by atoms with E-state index < -0.39 is 24.4 Å². The summed E-state index contributed by atoms with van der Waals surface area (Å²) in [6.07, 6.45) is -2.25. The van der Waals surface area contributed by atoms with Crippen molar-refractivity contribution in [2.75, 3.05) is 19.6 Å². The maximum atomic E-state index is 13.2. The molecule has 1 aliphatic heterocycles. The highest BCUT2D eigenvalue weighted by Crippen LogP contribution is 2.37. The molecule has 0 radical (unpaired) electrons. The highest BCUT2D eigenvalue weighted by atomic mass is 19.4. The SMILES string of the molecule is O=C(CC(c1ccccc1)C(F)(F)F)NCC1=CCNCC1. The van der Waals surface area contributed by atoms with Crippen LogP contribution >= 0.6 is 0 Å². The van der Waals surface area contributed by atoms with Crippen molar-refractivity contribution >= 4 is 5.91 Å². The van der Waals surface area contributed by atoms with Crippen molar-refractivity contribution < 1.29 is 18.0 Å². The first-order valence-corrected chi connectivity index (χ1v) is 7.24. The van der Waals surface area contributed by atoms with E-state index in [2.05, 4.69) is 10.6 Å². The third kappa shape index (κ3) is 4.87. The molecule has 22 heavy (non-hydrogen) atoms. The van der Waals surface area contributed by atoms with Crippen LogP contribution in [0.2, 0.25) is 0 Å². The van der Waals surface area contributed by atoms with Gasteiger partial charge in [0.2, 0.25) is 5.91 Å². The van der Waals surface area contributed by atoms with Crippen LogP contribution in [0.5, 0.6) is 0 Å². The summed E-state index contributed by atoms with van der Waals surface area (Å²) in [4.78, 5) is 11.9. The van der Waals surface area contributed by atoms with E-state index in [9.17, 15) is 18.0 Å². The van der Waals surface area contributed by atoms with Crippen molar-refractivity contribution in [3.63, 3.8) is 0 Å². The van der Waals surface area contributed by atoms with Crippen molar-refractivity contribution in [2.45, 2.75) is 24.9 Å². The maximum Gasteiger partial charge on any atom is 0.396 e. The van der Waals surface area contributed by atoms with Gasteiger partial charge in [0.1, 0.15) is 0 Å². The van der Waals surface area contributed by atoms with E-state index in [0.717, 1.165) is 25.1 Å².